The zero-order valence-corrected chi connectivity index (χ0v) is 13.6. The summed E-state index contributed by atoms with van der Waals surface area (Å²) >= 11 is 7.67. The summed E-state index contributed by atoms with van der Waals surface area (Å²) in [6.45, 7) is 4.04. The van der Waals surface area contributed by atoms with E-state index in [1.54, 1.807) is 0 Å². The molecule has 0 aliphatic rings. The molecule has 0 bridgehead atoms. The van der Waals surface area contributed by atoms with Crippen molar-refractivity contribution in [3.05, 3.63) is 28.8 Å². The van der Waals surface area contributed by atoms with Crippen molar-refractivity contribution in [2.24, 2.45) is 0 Å². The number of hydrogen-bond donors (Lipinski definition) is 3. The molecule has 1 aromatic rings. The van der Waals surface area contributed by atoms with Crippen molar-refractivity contribution in [2.45, 2.75) is 26.3 Å². The lowest BCUT2D eigenvalue weighted by atomic mass is 10.2. The molecule has 0 fully saturated rings. The van der Waals surface area contributed by atoms with Gasteiger partial charge in [0.25, 0.3) is 0 Å². The predicted molar refractivity (Wildman–Crippen MR) is 87.6 cm³/mol. The van der Waals surface area contributed by atoms with Crippen molar-refractivity contribution in [2.75, 3.05) is 16.8 Å². The number of carboxylic acids is 1. The number of anilines is 1. The SMILES string of the molecule is CCSCCC(C)NC(=O)Nc1ccc(C(=O)O)c(Cl)c1. The van der Waals surface area contributed by atoms with Gasteiger partial charge in [0.15, 0.2) is 0 Å². The molecule has 0 radical (unpaired) electrons. The van der Waals surface area contributed by atoms with Gasteiger partial charge in [0, 0.05) is 11.7 Å². The fourth-order valence-corrected chi connectivity index (χ4v) is 2.70. The first-order valence-electron chi connectivity index (χ1n) is 6.62. The third-order valence-corrected chi connectivity index (χ3v) is 3.98. The van der Waals surface area contributed by atoms with Crippen LogP contribution in [-0.2, 0) is 0 Å². The Bertz CT molecular complexity index is 511. The smallest absolute Gasteiger partial charge is 0.337 e. The molecule has 116 valence electrons. The van der Waals surface area contributed by atoms with Crippen molar-refractivity contribution in [1.29, 1.82) is 0 Å². The lowest BCUT2D eigenvalue weighted by Crippen LogP contribution is -2.36. The van der Waals surface area contributed by atoms with E-state index in [9.17, 15) is 9.59 Å². The second kappa shape index (κ2) is 8.79. The summed E-state index contributed by atoms with van der Waals surface area (Å²) in [7, 11) is 0. The number of aromatic carboxylic acids is 1. The molecule has 5 nitrogen and oxygen atoms in total. The van der Waals surface area contributed by atoms with Crippen LogP contribution in [0.25, 0.3) is 0 Å². The highest BCUT2D eigenvalue weighted by molar-refractivity contribution is 7.99. The number of carbonyl (C=O) groups excluding carboxylic acids is 1. The number of nitrogens with one attached hydrogen (secondary N) is 2. The highest BCUT2D eigenvalue weighted by atomic mass is 35.5. The minimum atomic E-state index is -1.10. The molecular formula is C14H19ClN2O3S. The molecule has 0 spiro atoms. The van der Waals surface area contributed by atoms with E-state index in [1.807, 2.05) is 18.7 Å². The highest BCUT2D eigenvalue weighted by Gasteiger charge is 2.11. The van der Waals surface area contributed by atoms with E-state index in [0.29, 0.717) is 5.69 Å². The van der Waals surface area contributed by atoms with Gasteiger partial charge < -0.3 is 15.7 Å². The minimum absolute atomic E-state index is 0.00702. The van der Waals surface area contributed by atoms with Crippen LogP contribution in [-0.4, -0.2) is 34.7 Å². The molecule has 0 saturated heterocycles. The Morgan fingerprint density at radius 2 is 2.14 bits per heavy atom. The third kappa shape index (κ3) is 6.27. The lowest BCUT2D eigenvalue weighted by molar-refractivity contribution is 0.0697. The number of rotatable bonds is 7. The number of benzene rings is 1. The number of amides is 2. The van der Waals surface area contributed by atoms with Crippen LogP contribution < -0.4 is 10.6 Å². The predicted octanol–water partition coefficient (Wildman–Crippen LogP) is 3.69. The Morgan fingerprint density at radius 1 is 1.43 bits per heavy atom. The number of hydrogen-bond acceptors (Lipinski definition) is 3. The Morgan fingerprint density at radius 3 is 2.71 bits per heavy atom. The molecule has 3 N–H and O–H groups in total. The van der Waals surface area contributed by atoms with Crippen LogP contribution in [0.4, 0.5) is 10.5 Å². The summed E-state index contributed by atoms with van der Waals surface area (Å²) in [6, 6.07) is 4.02. The highest BCUT2D eigenvalue weighted by Crippen LogP contribution is 2.21. The molecule has 0 aliphatic heterocycles. The van der Waals surface area contributed by atoms with Gasteiger partial charge in [-0.3, -0.25) is 0 Å². The molecule has 1 unspecified atom stereocenters. The summed E-state index contributed by atoms with van der Waals surface area (Å²) in [5, 5.41) is 14.4. The van der Waals surface area contributed by atoms with Gasteiger partial charge in [0.1, 0.15) is 0 Å². The van der Waals surface area contributed by atoms with E-state index in [4.69, 9.17) is 16.7 Å². The standard InChI is InChI=1S/C14H19ClN2O3S/c1-3-21-7-6-9(2)16-14(20)17-10-4-5-11(13(18)19)12(15)8-10/h4-5,8-9H,3,6-7H2,1-2H3,(H,18,19)(H2,16,17,20). The molecule has 7 heteroatoms. The molecule has 1 rings (SSSR count). The van der Waals surface area contributed by atoms with E-state index in [2.05, 4.69) is 17.6 Å². The van der Waals surface area contributed by atoms with Gasteiger partial charge in [0.05, 0.1) is 10.6 Å². The van der Waals surface area contributed by atoms with Gasteiger partial charge in [-0.25, -0.2) is 9.59 Å². The molecule has 0 aliphatic carbocycles. The van der Waals surface area contributed by atoms with E-state index in [1.165, 1.54) is 18.2 Å². The first kappa shape index (κ1) is 17.7. The average molecular weight is 331 g/mol. The van der Waals surface area contributed by atoms with Gasteiger partial charge in [0.2, 0.25) is 0 Å². The Kier molecular flexibility index (Phi) is 7.39. The van der Waals surface area contributed by atoms with E-state index in [0.717, 1.165) is 17.9 Å². The van der Waals surface area contributed by atoms with Crippen molar-refractivity contribution in [1.82, 2.24) is 5.32 Å². The molecule has 21 heavy (non-hydrogen) atoms. The summed E-state index contributed by atoms with van der Waals surface area (Å²) in [4.78, 5) is 22.6. The summed E-state index contributed by atoms with van der Waals surface area (Å²) in [5.74, 6) is 0.961. The van der Waals surface area contributed by atoms with Crippen LogP contribution in [0.5, 0.6) is 0 Å². The van der Waals surface area contributed by atoms with E-state index >= 15 is 0 Å². The quantitative estimate of drug-likeness (QED) is 0.666. The van der Waals surface area contributed by atoms with Gasteiger partial charge in [-0.15, -0.1) is 0 Å². The van der Waals surface area contributed by atoms with E-state index < -0.39 is 5.97 Å². The molecule has 0 aromatic heterocycles. The van der Waals surface area contributed by atoms with Gasteiger partial charge in [-0.2, -0.15) is 11.8 Å². The number of halogens is 1. The summed E-state index contributed by atoms with van der Waals surface area (Å²) in [5.41, 5.74) is 0.463. The zero-order valence-electron chi connectivity index (χ0n) is 12.0. The fourth-order valence-electron chi connectivity index (χ4n) is 1.63. The van der Waals surface area contributed by atoms with Crippen LogP contribution >= 0.6 is 23.4 Å². The van der Waals surface area contributed by atoms with Crippen LogP contribution in [0, 0.1) is 0 Å². The molecule has 1 atom stereocenters. The molecule has 1 aromatic carbocycles. The molecule has 0 heterocycles. The van der Waals surface area contributed by atoms with Gasteiger partial charge in [-0.1, -0.05) is 18.5 Å². The fraction of sp³-hybridized carbons (Fsp3) is 0.429. The number of urea groups is 1. The maximum Gasteiger partial charge on any atom is 0.337 e. The maximum absolute atomic E-state index is 11.8. The topological polar surface area (TPSA) is 78.4 Å². The minimum Gasteiger partial charge on any atom is -0.478 e. The summed E-state index contributed by atoms with van der Waals surface area (Å²) < 4.78 is 0. The Labute approximate surface area is 133 Å². The molecule has 2 amide bonds. The number of carbonyl (C=O) groups is 2. The van der Waals surface area contributed by atoms with Crippen molar-refractivity contribution in [3.63, 3.8) is 0 Å². The van der Waals surface area contributed by atoms with E-state index in [-0.39, 0.29) is 22.7 Å². The van der Waals surface area contributed by atoms with Crippen molar-refractivity contribution < 1.29 is 14.7 Å². The normalized spacial score (nSPS) is 11.8. The van der Waals surface area contributed by atoms with Crippen LogP contribution in [0.1, 0.15) is 30.6 Å². The monoisotopic (exact) mass is 330 g/mol. The van der Waals surface area contributed by atoms with Crippen LogP contribution in [0.2, 0.25) is 5.02 Å². The van der Waals surface area contributed by atoms with Gasteiger partial charge >= 0.3 is 12.0 Å². The second-order valence-corrected chi connectivity index (χ2v) is 6.29. The Balaban J connectivity index is 2.51. The first-order chi connectivity index (χ1) is 9.93. The zero-order chi connectivity index (χ0) is 15.8. The van der Waals surface area contributed by atoms with Crippen LogP contribution in [0.15, 0.2) is 18.2 Å². The average Bonchev–Trinajstić information content (AvgIpc) is 2.38. The first-order valence-corrected chi connectivity index (χ1v) is 8.15. The van der Waals surface area contributed by atoms with Gasteiger partial charge in [-0.05, 0) is 43.0 Å². The van der Waals surface area contributed by atoms with Crippen molar-refractivity contribution in [3.8, 4) is 0 Å². The molecule has 0 saturated carbocycles. The lowest BCUT2D eigenvalue weighted by Gasteiger charge is -2.14. The Hall–Kier alpha value is -1.40. The number of carboxylic acid groups (broad SMARTS) is 1. The molecular weight excluding hydrogens is 312 g/mol. The summed E-state index contributed by atoms with van der Waals surface area (Å²) in [6.07, 6.45) is 0.893. The third-order valence-electron chi connectivity index (χ3n) is 2.73. The largest absolute Gasteiger partial charge is 0.478 e. The number of thioether (sulfide) groups is 1. The van der Waals surface area contributed by atoms with Crippen molar-refractivity contribution >= 4 is 41.1 Å². The maximum atomic E-state index is 11.8. The second-order valence-electron chi connectivity index (χ2n) is 4.48. The van der Waals surface area contributed by atoms with Crippen LogP contribution in [0.3, 0.4) is 0 Å².